The maximum absolute atomic E-state index is 11.8. The maximum atomic E-state index is 11.8. The summed E-state index contributed by atoms with van der Waals surface area (Å²) in [5.41, 5.74) is 8.15. The van der Waals surface area contributed by atoms with Crippen molar-refractivity contribution < 1.29 is 4.79 Å². The SMILES string of the molecule is CC(C)CCCCNc1ccc(C(=O)N(C)C)cc1N. The van der Waals surface area contributed by atoms with Crippen LogP contribution in [-0.2, 0) is 0 Å². The zero-order valence-electron chi connectivity index (χ0n) is 13.1. The second kappa shape index (κ2) is 7.78. The number of nitrogens with one attached hydrogen (secondary N) is 1. The zero-order chi connectivity index (χ0) is 15.1. The lowest BCUT2D eigenvalue weighted by atomic mass is 10.1. The van der Waals surface area contributed by atoms with Gasteiger partial charge >= 0.3 is 0 Å². The molecule has 0 saturated heterocycles. The molecular formula is C16H27N3O. The van der Waals surface area contributed by atoms with E-state index in [1.54, 1.807) is 25.1 Å². The standard InChI is InChI=1S/C16H27N3O/c1-12(2)7-5-6-10-18-15-9-8-13(11-14(15)17)16(20)19(3)4/h8-9,11-12,18H,5-7,10,17H2,1-4H3. The predicted octanol–water partition coefficient (Wildman–Crippen LogP) is 3.21. The predicted molar refractivity (Wildman–Crippen MR) is 86.1 cm³/mol. The van der Waals surface area contributed by atoms with Gasteiger partial charge in [-0.1, -0.05) is 26.7 Å². The van der Waals surface area contributed by atoms with E-state index in [0.29, 0.717) is 11.3 Å². The first-order chi connectivity index (χ1) is 9.41. The van der Waals surface area contributed by atoms with E-state index in [2.05, 4.69) is 19.2 Å². The molecule has 0 aliphatic heterocycles. The van der Waals surface area contributed by atoms with E-state index < -0.39 is 0 Å². The molecule has 0 aliphatic carbocycles. The number of nitrogens with zero attached hydrogens (tertiary/aromatic N) is 1. The zero-order valence-corrected chi connectivity index (χ0v) is 13.1. The van der Waals surface area contributed by atoms with Gasteiger partial charge in [-0.15, -0.1) is 0 Å². The highest BCUT2D eigenvalue weighted by Gasteiger charge is 2.09. The number of anilines is 2. The monoisotopic (exact) mass is 277 g/mol. The van der Waals surface area contributed by atoms with Crippen LogP contribution in [0.1, 0.15) is 43.5 Å². The summed E-state index contributed by atoms with van der Waals surface area (Å²) in [4.78, 5) is 13.4. The van der Waals surface area contributed by atoms with Crippen molar-refractivity contribution in [3.63, 3.8) is 0 Å². The average molecular weight is 277 g/mol. The third-order valence-corrected chi connectivity index (χ3v) is 3.23. The fourth-order valence-electron chi connectivity index (χ4n) is 2.02. The van der Waals surface area contributed by atoms with Crippen LogP contribution in [0.5, 0.6) is 0 Å². The number of nitrogens with two attached hydrogens (primary N) is 1. The van der Waals surface area contributed by atoms with Crippen molar-refractivity contribution in [2.75, 3.05) is 31.7 Å². The summed E-state index contributed by atoms with van der Waals surface area (Å²) >= 11 is 0. The number of unbranched alkanes of at least 4 members (excludes halogenated alkanes) is 1. The van der Waals surface area contributed by atoms with Crippen LogP contribution in [0.4, 0.5) is 11.4 Å². The Hall–Kier alpha value is -1.71. The van der Waals surface area contributed by atoms with Crippen LogP contribution >= 0.6 is 0 Å². The molecule has 0 heterocycles. The lowest BCUT2D eigenvalue weighted by Crippen LogP contribution is -2.21. The highest BCUT2D eigenvalue weighted by atomic mass is 16.2. The topological polar surface area (TPSA) is 58.4 Å². The number of hydrogen-bond donors (Lipinski definition) is 2. The number of amides is 1. The Morgan fingerprint density at radius 1 is 1.30 bits per heavy atom. The largest absolute Gasteiger partial charge is 0.397 e. The molecule has 0 bridgehead atoms. The van der Waals surface area contributed by atoms with Crippen LogP contribution in [0.15, 0.2) is 18.2 Å². The number of carbonyl (C=O) groups excluding carboxylic acids is 1. The number of rotatable bonds is 7. The molecule has 0 radical (unpaired) electrons. The summed E-state index contributed by atoms with van der Waals surface area (Å²) in [5, 5.41) is 3.33. The molecule has 0 saturated carbocycles. The summed E-state index contributed by atoms with van der Waals surface area (Å²) in [6.45, 7) is 5.40. The highest BCUT2D eigenvalue weighted by Crippen LogP contribution is 2.20. The minimum absolute atomic E-state index is 0.0276. The summed E-state index contributed by atoms with van der Waals surface area (Å²) in [5.74, 6) is 0.733. The number of nitrogen functional groups attached to an aromatic ring is 1. The summed E-state index contributed by atoms with van der Waals surface area (Å²) < 4.78 is 0. The third-order valence-electron chi connectivity index (χ3n) is 3.23. The van der Waals surface area contributed by atoms with E-state index in [9.17, 15) is 4.79 Å². The molecule has 3 N–H and O–H groups in total. The van der Waals surface area contributed by atoms with Gasteiger partial charge in [0.05, 0.1) is 11.4 Å². The van der Waals surface area contributed by atoms with Crippen molar-refractivity contribution in [1.82, 2.24) is 4.90 Å². The van der Waals surface area contributed by atoms with Gasteiger partial charge in [0.1, 0.15) is 0 Å². The normalized spacial score (nSPS) is 10.7. The van der Waals surface area contributed by atoms with Crippen molar-refractivity contribution in [2.45, 2.75) is 33.1 Å². The van der Waals surface area contributed by atoms with E-state index >= 15 is 0 Å². The van der Waals surface area contributed by atoms with Gasteiger partial charge in [0.25, 0.3) is 5.91 Å². The van der Waals surface area contributed by atoms with Crippen molar-refractivity contribution in [3.05, 3.63) is 23.8 Å². The van der Waals surface area contributed by atoms with E-state index in [0.717, 1.165) is 24.6 Å². The van der Waals surface area contributed by atoms with E-state index in [-0.39, 0.29) is 5.91 Å². The van der Waals surface area contributed by atoms with Gasteiger partial charge in [0, 0.05) is 26.2 Å². The maximum Gasteiger partial charge on any atom is 0.253 e. The molecule has 1 amide bonds. The molecular weight excluding hydrogens is 250 g/mol. The Morgan fingerprint density at radius 3 is 2.55 bits per heavy atom. The molecule has 1 aromatic carbocycles. The molecule has 4 nitrogen and oxygen atoms in total. The molecule has 0 fully saturated rings. The van der Waals surface area contributed by atoms with E-state index in [1.807, 2.05) is 12.1 Å². The first-order valence-corrected chi connectivity index (χ1v) is 7.27. The Morgan fingerprint density at radius 2 is 2.00 bits per heavy atom. The first-order valence-electron chi connectivity index (χ1n) is 7.27. The van der Waals surface area contributed by atoms with Crippen LogP contribution in [0.25, 0.3) is 0 Å². The van der Waals surface area contributed by atoms with Crippen LogP contribution in [0.2, 0.25) is 0 Å². The Labute approximate surface area is 122 Å². The van der Waals surface area contributed by atoms with Gasteiger partial charge in [-0.3, -0.25) is 4.79 Å². The summed E-state index contributed by atoms with van der Waals surface area (Å²) in [6.07, 6.45) is 3.62. The minimum Gasteiger partial charge on any atom is -0.397 e. The van der Waals surface area contributed by atoms with E-state index in [1.165, 1.54) is 12.8 Å². The van der Waals surface area contributed by atoms with Crippen molar-refractivity contribution in [2.24, 2.45) is 5.92 Å². The van der Waals surface area contributed by atoms with Crippen LogP contribution in [0, 0.1) is 5.92 Å². The lowest BCUT2D eigenvalue weighted by molar-refractivity contribution is 0.0827. The first kappa shape index (κ1) is 16.3. The summed E-state index contributed by atoms with van der Waals surface area (Å²) in [6, 6.07) is 5.43. The molecule has 0 unspecified atom stereocenters. The number of carbonyl (C=O) groups is 1. The Kier molecular flexibility index (Phi) is 6.36. The van der Waals surface area contributed by atoms with Gasteiger partial charge in [-0.05, 0) is 30.5 Å². The molecule has 112 valence electrons. The second-order valence-corrected chi connectivity index (χ2v) is 5.82. The second-order valence-electron chi connectivity index (χ2n) is 5.82. The highest BCUT2D eigenvalue weighted by molar-refractivity contribution is 5.95. The van der Waals surface area contributed by atoms with Gasteiger partial charge in [-0.2, -0.15) is 0 Å². The lowest BCUT2D eigenvalue weighted by Gasteiger charge is -2.13. The van der Waals surface area contributed by atoms with Gasteiger partial charge in [0.2, 0.25) is 0 Å². The molecule has 0 aromatic heterocycles. The minimum atomic E-state index is -0.0276. The summed E-state index contributed by atoms with van der Waals surface area (Å²) in [7, 11) is 3.47. The molecule has 1 aromatic rings. The molecule has 4 heteroatoms. The molecule has 0 aliphatic rings. The van der Waals surface area contributed by atoms with Crippen LogP contribution < -0.4 is 11.1 Å². The van der Waals surface area contributed by atoms with Crippen molar-refractivity contribution in [1.29, 1.82) is 0 Å². The molecule has 0 spiro atoms. The Bertz CT molecular complexity index is 441. The van der Waals surface area contributed by atoms with Gasteiger partial charge < -0.3 is 16.0 Å². The number of hydrogen-bond acceptors (Lipinski definition) is 3. The van der Waals surface area contributed by atoms with Crippen LogP contribution in [-0.4, -0.2) is 31.4 Å². The molecule has 0 atom stereocenters. The quantitative estimate of drug-likeness (QED) is 0.594. The van der Waals surface area contributed by atoms with E-state index in [4.69, 9.17) is 5.73 Å². The fourth-order valence-corrected chi connectivity index (χ4v) is 2.02. The fraction of sp³-hybridized carbons (Fsp3) is 0.562. The Balaban J connectivity index is 2.50. The molecule has 20 heavy (non-hydrogen) atoms. The average Bonchev–Trinajstić information content (AvgIpc) is 2.38. The van der Waals surface area contributed by atoms with Crippen molar-refractivity contribution in [3.8, 4) is 0 Å². The smallest absolute Gasteiger partial charge is 0.253 e. The number of benzene rings is 1. The van der Waals surface area contributed by atoms with Gasteiger partial charge in [0.15, 0.2) is 0 Å². The van der Waals surface area contributed by atoms with Crippen LogP contribution in [0.3, 0.4) is 0 Å². The third kappa shape index (κ3) is 5.11. The van der Waals surface area contributed by atoms with Crippen molar-refractivity contribution >= 4 is 17.3 Å². The molecule has 1 rings (SSSR count). The van der Waals surface area contributed by atoms with Gasteiger partial charge in [-0.25, -0.2) is 0 Å².